The van der Waals surface area contributed by atoms with Gasteiger partial charge in [-0.3, -0.25) is 9.59 Å². The molecule has 1 saturated heterocycles. The lowest BCUT2D eigenvalue weighted by atomic mass is 10.2. The summed E-state index contributed by atoms with van der Waals surface area (Å²) in [6.07, 6.45) is 2.12. The van der Waals surface area contributed by atoms with Crippen molar-refractivity contribution in [1.82, 2.24) is 19.8 Å². The number of nitrogens with zero attached hydrogens (tertiary/aromatic N) is 2. The maximum atomic E-state index is 13.2. The van der Waals surface area contributed by atoms with E-state index in [4.69, 9.17) is 0 Å². The third kappa shape index (κ3) is 6.25. The van der Waals surface area contributed by atoms with Crippen LogP contribution >= 0.6 is 0 Å². The number of hydrogen-bond donors (Lipinski definition) is 2. The molecule has 29 heavy (non-hydrogen) atoms. The van der Waals surface area contributed by atoms with Gasteiger partial charge in [-0.05, 0) is 70.9 Å². The Morgan fingerprint density at radius 3 is 2.55 bits per heavy atom. The van der Waals surface area contributed by atoms with Crippen LogP contribution in [0.15, 0.2) is 23.1 Å². The first kappa shape index (κ1) is 23.3. The molecule has 0 aromatic heterocycles. The Labute approximate surface area is 173 Å². The zero-order chi connectivity index (χ0) is 21.6. The molecule has 0 saturated carbocycles. The smallest absolute Gasteiger partial charge is 0.309 e. The second-order valence-electron chi connectivity index (χ2n) is 7.80. The van der Waals surface area contributed by atoms with Gasteiger partial charge >= 0.3 is 11.8 Å². The molecule has 0 aliphatic carbocycles. The van der Waals surface area contributed by atoms with Crippen LogP contribution in [-0.4, -0.2) is 75.8 Å². The SMILES string of the molecule is Cc1ccc(C)c(S(=O)(=O)N2CCC[C@@H]2CNC(=O)C(=O)NCCCN(C)C)c1. The maximum Gasteiger partial charge on any atom is 0.309 e. The van der Waals surface area contributed by atoms with E-state index < -0.39 is 21.8 Å². The average molecular weight is 425 g/mol. The van der Waals surface area contributed by atoms with Crippen molar-refractivity contribution in [1.29, 1.82) is 0 Å². The van der Waals surface area contributed by atoms with Crippen LogP contribution in [0.2, 0.25) is 0 Å². The molecule has 8 nitrogen and oxygen atoms in total. The van der Waals surface area contributed by atoms with Gasteiger partial charge in [0.15, 0.2) is 0 Å². The molecule has 0 spiro atoms. The third-order valence-corrected chi connectivity index (χ3v) is 7.12. The monoisotopic (exact) mass is 424 g/mol. The summed E-state index contributed by atoms with van der Waals surface area (Å²) in [5, 5.41) is 5.17. The molecule has 9 heteroatoms. The van der Waals surface area contributed by atoms with Crippen molar-refractivity contribution in [3.05, 3.63) is 29.3 Å². The van der Waals surface area contributed by atoms with Crippen LogP contribution in [0, 0.1) is 13.8 Å². The first-order valence-electron chi connectivity index (χ1n) is 9.92. The average Bonchev–Trinajstić information content (AvgIpc) is 3.14. The number of carbonyl (C=O) groups is 2. The lowest BCUT2D eigenvalue weighted by Gasteiger charge is -2.25. The molecular weight excluding hydrogens is 392 g/mol. The predicted octanol–water partition coefficient (Wildman–Crippen LogP) is 0.641. The number of carbonyl (C=O) groups excluding carboxylic acids is 2. The van der Waals surface area contributed by atoms with Gasteiger partial charge in [0.1, 0.15) is 0 Å². The van der Waals surface area contributed by atoms with Crippen molar-refractivity contribution in [3.8, 4) is 0 Å². The molecule has 0 bridgehead atoms. The Morgan fingerprint density at radius 2 is 1.86 bits per heavy atom. The molecule has 2 N–H and O–H groups in total. The Kier molecular flexibility index (Phi) is 8.18. The molecule has 1 aliphatic rings. The molecule has 1 heterocycles. The number of amides is 2. The van der Waals surface area contributed by atoms with Gasteiger partial charge in [0.05, 0.1) is 4.90 Å². The Bertz CT molecular complexity index is 839. The van der Waals surface area contributed by atoms with E-state index in [1.807, 2.05) is 32.0 Å². The zero-order valence-corrected chi connectivity index (χ0v) is 18.5. The lowest BCUT2D eigenvalue weighted by molar-refractivity contribution is -0.139. The Morgan fingerprint density at radius 1 is 1.17 bits per heavy atom. The van der Waals surface area contributed by atoms with Gasteiger partial charge < -0.3 is 15.5 Å². The Hall–Kier alpha value is -1.97. The minimum Gasteiger partial charge on any atom is -0.348 e. The molecule has 1 aromatic carbocycles. The highest BCUT2D eigenvalue weighted by molar-refractivity contribution is 7.89. The number of rotatable bonds is 8. The maximum absolute atomic E-state index is 13.2. The summed E-state index contributed by atoms with van der Waals surface area (Å²) >= 11 is 0. The summed E-state index contributed by atoms with van der Waals surface area (Å²) in [6, 6.07) is 5.01. The van der Waals surface area contributed by atoms with Gasteiger partial charge in [-0.25, -0.2) is 8.42 Å². The summed E-state index contributed by atoms with van der Waals surface area (Å²) in [7, 11) is 0.219. The molecular formula is C20H32N4O4S. The van der Waals surface area contributed by atoms with Crippen LogP contribution in [-0.2, 0) is 19.6 Å². The van der Waals surface area contributed by atoms with Gasteiger partial charge in [-0.1, -0.05) is 12.1 Å². The first-order valence-corrected chi connectivity index (χ1v) is 11.4. The molecule has 1 aromatic rings. The first-order chi connectivity index (χ1) is 13.6. The van der Waals surface area contributed by atoms with Crippen LogP contribution in [0.5, 0.6) is 0 Å². The molecule has 1 aliphatic heterocycles. The summed E-state index contributed by atoms with van der Waals surface area (Å²) < 4.78 is 27.8. The summed E-state index contributed by atoms with van der Waals surface area (Å²) in [6.45, 7) is 5.40. The quantitative estimate of drug-likeness (QED) is 0.471. The van der Waals surface area contributed by atoms with Crippen molar-refractivity contribution < 1.29 is 18.0 Å². The van der Waals surface area contributed by atoms with Crippen LogP contribution in [0.3, 0.4) is 0 Å². The highest BCUT2D eigenvalue weighted by atomic mass is 32.2. The molecule has 0 unspecified atom stereocenters. The van der Waals surface area contributed by atoms with Crippen molar-refractivity contribution in [2.24, 2.45) is 0 Å². The highest BCUT2D eigenvalue weighted by Crippen LogP contribution is 2.28. The minimum absolute atomic E-state index is 0.119. The van der Waals surface area contributed by atoms with E-state index in [1.165, 1.54) is 4.31 Å². The van der Waals surface area contributed by atoms with E-state index >= 15 is 0 Å². The topological polar surface area (TPSA) is 98.8 Å². The standard InChI is InChI=1S/C20H32N4O4S/c1-15-8-9-16(2)18(13-15)29(27,28)24-12-5-7-17(24)14-22-20(26)19(25)21-10-6-11-23(3)4/h8-9,13,17H,5-7,10-12,14H2,1-4H3,(H,21,25)(H,22,26)/t17-/m1/s1. The zero-order valence-electron chi connectivity index (χ0n) is 17.7. The lowest BCUT2D eigenvalue weighted by Crippen LogP contribution is -2.47. The van der Waals surface area contributed by atoms with E-state index in [0.717, 1.165) is 24.9 Å². The molecule has 2 amide bonds. The van der Waals surface area contributed by atoms with Gasteiger partial charge in [0.25, 0.3) is 0 Å². The van der Waals surface area contributed by atoms with Crippen LogP contribution in [0.25, 0.3) is 0 Å². The number of hydrogen-bond acceptors (Lipinski definition) is 5. The van der Waals surface area contributed by atoms with E-state index in [1.54, 1.807) is 19.1 Å². The number of nitrogens with one attached hydrogen (secondary N) is 2. The van der Waals surface area contributed by atoms with Crippen molar-refractivity contribution in [3.63, 3.8) is 0 Å². The molecule has 162 valence electrons. The largest absolute Gasteiger partial charge is 0.348 e. The summed E-state index contributed by atoms with van der Waals surface area (Å²) in [5.74, 6) is -1.42. The fourth-order valence-corrected chi connectivity index (χ4v) is 5.41. The number of benzene rings is 1. The molecule has 1 atom stereocenters. The van der Waals surface area contributed by atoms with Crippen LogP contribution in [0.1, 0.15) is 30.4 Å². The summed E-state index contributed by atoms with van der Waals surface area (Å²) in [4.78, 5) is 26.3. The van der Waals surface area contributed by atoms with Crippen molar-refractivity contribution >= 4 is 21.8 Å². The second-order valence-corrected chi connectivity index (χ2v) is 9.66. The summed E-state index contributed by atoms with van der Waals surface area (Å²) in [5.41, 5.74) is 1.58. The number of sulfonamides is 1. The number of aryl methyl sites for hydroxylation is 2. The Balaban J connectivity index is 1.95. The van der Waals surface area contributed by atoms with E-state index in [9.17, 15) is 18.0 Å². The highest BCUT2D eigenvalue weighted by Gasteiger charge is 2.36. The van der Waals surface area contributed by atoms with Gasteiger partial charge in [-0.2, -0.15) is 4.31 Å². The van der Waals surface area contributed by atoms with E-state index in [2.05, 4.69) is 10.6 Å². The van der Waals surface area contributed by atoms with Crippen LogP contribution < -0.4 is 10.6 Å². The second kappa shape index (κ2) is 10.2. The normalized spacial score (nSPS) is 17.5. The van der Waals surface area contributed by atoms with E-state index in [0.29, 0.717) is 30.0 Å². The fraction of sp³-hybridized carbons (Fsp3) is 0.600. The molecule has 0 radical (unpaired) electrons. The van der Waals surface area contributed by atoms with Gasteiger partial charge in [0.2, 0.25) is 10.0 Å². The van der Waals surface area contributed by atoms with E-state index in [-0.39, 0.29) is 12.6 Å². The van der Waals surface area contributed by atoms with Crippen LogP contribution in [0.4, 0.5) is 0 Å². The third-order valence-electron chi connectivity index (χ3n) is 5.03. The molecule has 2 rings (SSSR count). The predicted molar refractivity (Wildman–Crippen MR) is 112 cm³/mol. The molecule has 1 fully saturated rings. The fourth-order valence-electron chi connectivity index (χ4n) is 3.41. The van der Waals surface area contributed by atoms with Crippen molar-refractivity contribution in [2.75, 3.05) is 40.3 Å². The van der Waals surface area contributed by atoms with Gasteiger partial charge in [-0.15, -0.1) is 0 Å². The van der Waals surface area contributed by atoms with Gasteiger partial charge in [0, 0.05) is 25.7 Å². The van der Waals surface area contributed by atoms with Crippen molar-refractivity contribution in [2.45, 2.75) is 44.0 Å². The minimum atomic E-state index is -3.66.